The number of carbonyl (C=O) groups is 1. The Morgan fingerprint density at radius 1 is 1.24 bits per heavy atom. The molecule has 0 fully saturated rings. The van der Waals surface area contributed by atoms with E-state index in [0.29, 0.717) is 20.5 Å². The number of phenolic OH excluding ortho intramolecular Hbond substituents is 1. The molecular weight excluding hydrogens is 360 g/mol. The number of benzene rings is 2. The van der Waals surface area contributed by atoms with Crippen molar-refractivity contribution in [2.45, 2.75) is 6.92 Å². The molecule has 0 amide bonds. The highest BCUT2D eigenvalue weighted by Crippen LogP contribution is 2.18. The van der Waals surface area contributed by atoms with Crippen LogP contribution < -0.4 is 4.80 Å². The summed E-state index contributed by atoms with van der Waals surface area (Å²) < 4.78 is 1.50. The van der Waals surface area contributed by atoms with Crippen molar-refractivity contribution in [3.05, 3.63) is 68.9 Å². The molecule has 0 saturated carbocycles. The van der Waals surface area contributed by atoms with E-state index in [0.717, 1.165) is 16.9 Å². The third-order valence-electron chi connectivity index (χ3n) is 3.18. The third kappa shape index (κ3) is 4.01. The lowest BCUT2D eigenvalue weighted by molar-refractivity contribution is 0.101. The number of hydrogen-bond donors (Lipinski definition) is 1. The molecule has 0 aliphatic rings. The number of ketones is 1. The van der Waals surface area contributed by atoms with Gasteiger partial charge < -0.3 is 5.11 Å². The van der Waals surface area contributed by atoms with E-state index in [1.807, 2.05) is 12.1 Å². The Balaban J connectivity index is 2.04. The van der Waals surface area contributed by atoms with E-state index in [1.165, 1.54) is 11.6 Å². The van der Waals surface area contributed by atoms with Crippen LogP contribution in [0.25, 0.3) is 5.69 Å². The van der Waals surface area contributed by atoms with Crippen LogP contribution in [0.4, 0.5) is 0 Å². The summed E-state index contributed by atoms with van der Waals surface area (Å²) in [6.45, 7) is 1.44. The SMILES string of the molecule is CC(=O)c1nn(-c2ccccc2Cl)c(=NN=Cc2ccc(O)cc2)s1. The lowest BCUT2D eigenvalue weighted by Crippen LogP contribution is -2.14. The highest BCUT2D eigenvalue weighted by Gasteiger charge is 2.12. The van der Waals surface area contributed by atoms with Crippen LogP contribution in [0, 0.1) is 0 Å². The first kappa shape index (κ1) is 17.1. The number of rotatable bonds is 4. The number of aromatic hydroxyl groups is 1. The molecule has 2 aromatic carbocycles. The second kappa shape index (κ2) is 7.42. The second-order valence-electron chi connectivity index (χ2n) is 5.05. The van der Waals surface area contributed by atoms with Gasteiger partial charge in [-0.05, 0) is 42.0 Å². The minimum absolute atomic E-state index is 0.158. The third-order valence-corrected chi connectivity index (χ3v) is 4.50. The van der Waals surface area contributed by atoms with Crippen molar-refractivity contribution < 1.29 is 9.90 Å². The molecule has 126 valence electrons. The van der Waals surface area contributed by atoms with Crippen molar-refractivity contribution in [3.63, 3.8) is 0 Å². The van der Waals surface area contributed by atoms with Crippen molar-refractivity contribution >= 4 is 34.9 Å². The Kier molecular flexibility index (Phi) is 5.06. The Morgan fingerprint density at radius 2 is 1.96 bits per heavy atom. The zero-order valence-electron chi connectivity index (χ0n) is 13.1. The minimum Gasteiger partial charge on any atom is -0.508 e. The number of carbonyl (C=O) groups excluding carboxylic acids is 1. The molecule has 0 spiro atoms. The summed E-state index contributed by atoms with van der Waals surface area (Å²) in [4.78, 5) is 12.1. The Morgan fingerprint density at radius 3 is 2.64 bits per heavy atom. The summed E-state index contributed by atoms with van der Waals surface area (Å²) in [6.07, 6.45) is 1.55. The van der Waals surface area contributed by atoms with Crippen LogP contribution in [0.15, 0.2) is 58.7 Å². The van der Waals surface area contributed by atoms with E-state index in [9.17, 15) is 9.90 Å². The van der Waals surface area contributed by atoms with E-state index in [4.69, 9.17) is 11.6 Å². The largest absolute Gasteiger partial charge is 0.508 e. The average molecular weight is 373 g/mol. The number of halogens is 1. The van der Waals surface area contributed by atoms with Crippen LogP contribution in [0.1, 0.15) is 22.3 Å². The van der Waals surface area contributed by atoms with Crippen LogP contribution in [0.3, 0.4) is 0 Å². The molecule has 3 rings (SSSR count). The lowest BCUT2D eigenvalue weighted by Gasteiger charge is -2.02. The quantitative estimate of drug-likeness (QED) is 0.433. The number of aromatic nitrogens is 2. The molecule has 3 aromatic rings. The summed E-state index contributed by atoms with van der Waals surface area (Å²) >= 11 is 7.35. The number of Topliss-reactive ketones (excluding diaryl/α,β-unsaturated/α-hetero) is 1. The zero-order valence-corrected chi connectivity index (χ0v) is 14.7. The van der Waals surface area contributed by atoms with Gasteiger partial charge in [0.2, 0.25) is 4.80 Å². The summed E-state index contributed by atoms with van der Waals surface area (Å²) in [7, 11) is 0. The molecule has 1 heterocycles. The van der Waals surface area contributed by atoms with Gasteiger partial charge >= 0.3 is 0 Å². The molecule has 0 atom stereocenters. The van der Waals surface area contributed by atoms with Gasteiger partial charge in [-0.25, -0.2) is 4.68 Å². The Labute approximate surface area is 152 Å². The molecule has 1 aromatic heterocycles. The fraction of sp³-hybridized carbons (Fsp3) is 0.0588. The monoisotopic (exact) mass is 372 g/mol. The maximum absolute atomic E-state index is 11.7. The van der Waals surface area contributed by atoms with Gasteiger partial charge in [-0.15, -0.1) is 5.10 Å². The predicted molar refractivity (Wildman–Crippen MR) is 97.7 cm³/mol. The topological polar surface area (TPSA) is 79.8 Å². The average Bonchev–Trinajstić information content (AvgIpc) is 3.01. The lowest BCUT2D eigenvalue weighted by atomic mass is 10.2. The van der Waals surface area contributed by atoms with E-state index in [2.05, 4.69) is 15.3 Å². The minimum atomic E-state index is -0.158. The Hall–Kier alpha value is -2.77. The summed E-state index contributed by atoms with van der Waals surface area (Å²) in [6, 6.07) is 13.7. The van der Waals surface area contributed by atoms with Crippen LogP contribution >= 0.6 is 22.9 Å². The first-order chi connectivity index (χ1) is 12.0. The molecule has 0 bridgehead atoms. The normalized spacial score (nSPS) is 12.0. The van der Waals surface area contributed by atoms with Crippen molar-refractivity contribution in [2.24, 2.45) is 10.2 Å². The van der Waals surface area contributed by atoms with E-state index in [1.54, 1.807) is 42.6 Å². The fourth-order valence-electron chi connectivity index (χ4n) is 1.97. The van der Waals surface area contributed by atoms with Gasteiger partial charge in [-0.3, -0.25) is 4.79 Å². The number of nitrogens with zero attached hydrogens (tertiary/aromatic N) is 4. The summed E-state index contributed by atoms with van der Waals surface area (Å²) in [5.41, 5.74) is 1.40. The van der Waals surface area contributed by atoms with Crippen molar-refractivity contribution in [2.75, 3.05) is 0 Å². The first-order valence-electron chi connectivity index (χ1n) is 7.26. The van der Waals surface area contributed by atoms with Crippen molar-refractivity contribution in [3.8, 4) is 11.4 Å². The molecule has 25 heavy (non-hydrogen) atoms. The molecule has 6 nitrogen and oxygen atoms in total. The number of phenols is 1. The summed E-state index contributed by atoms with van der Waals surface area (Å²) in [5, 5.41) is 22.6. The molecular formula is C17H13ClN4O2S. The highest BCUT2D eigenvalue weighted by atomic mass is 35.5. The first-order valence-corrected chi connectivity index (χ1v) is 8.46. The molecule has 0 unspecified atom stereocenters. The molecule has 0 aliphatic heterocycles. The molecule has 1 N–H and O–H groups in total. The van der Waals surface area contributed by atoms with Gasteiger partial charge in [0, 0.05) is 6.92 Å². The number of hydrogen-bond acceptors (Lipinski definition) is 6. The maximum atomic E-state index is 11.7. The van der Waals surface area contributed by atoms with E-state index >= 15 is 0 Å². The van der Waals surface area contributed by atoms with E-state index in [-0.39, 0.29) is 11.5 Å². The number of para-hydroxylation sites is 1. The van der Waals surface area contributed by atoms with Gasteiger partial charge in [-0.2, -0.15) is 10.2 Å². The fourth-order valence-corrected chi connectivity index (χ4v) is 2.94. The predicted octanol–water partition coefficient (Wildman–Crippen LogP) is 3.43. The standard InChI is InChI=1S/C17H13ClN4O2S/c1-11(23)16-21-22(15-5-3-2-4-14(15)18)17(25-16)20-19-10-12-6-8-13(24)9-7-12/h2-10,24H,1H3. The van der Waals surface area contributed by atoms with Crippen LogP contribution in [-0.2, 0) is 0 Å². The van der Waals surface area contributed by atoms with E-state index < -0.39 is 0 Å². The van der Waals surface area contributed by atoms with Crippen molar-refractivity contribution in [1.29, 1.82) is 0 Å². The molecule has 0 saturated heterocycles. The molecule has 0 aliphatic carbocycles. The molecule has 0 radical (unpaired) electrons. The highest BCUT2D eigenvalue weighted by molar-refractivity contribution is 7.11. The van der Waals surface area contributed by atoms with Crippen LogP contribution in [0.5, 0.6) is 5.75 Å². The van der Waals surface area contributed by atoms with Gasteiger partial charge in [0.25, 0.3) is 0 Å². The van der Waals surface area contributed by atoms with Gasteiger partial charge in [0.1, 0.15) is 5.75 Å². The Bertz CT molecular complexity index is 1010. The van der Waals surface area contributed by atoms with Crippen LogP contribution in [-0.4, -0.2) is 26.9 Å². The van der Waals surface area contributed by atoms with Gasteiger partial charge in [-0.1, -0.05) is 35.1 Å². The smallest absolute Gasteiger partial charge is 0.233 e. The second-order valence-corrected chi connectivity index (χ2v) is 6.41. The maximum Gasteiger partial charge on any atom is 0.233 e. The summed E-state index contributed by atoms with van der Waals surface area (Å²) in [5.74, 6) is 0.0222. The molecule has 8 heteroatoms. The zero-order chi connectivity index (χ0) is 17.8. The van der Waals surface area contributed by atoms with Crippen molar-refractivity contribution in [1.82, 2.24) is 9.78 Å². The van der Waals surface area contributed by atoms with Gasteiger partial charge in [0.15, 0.2) is 10.8 Å². The van der Waals surface area contributed by atoms with Gasteiger partial charge in [0.05, 0.1) is 16.9 Å². The van der Waals surface area contributed by atoms with Crippen LogP contribution in [0.2, 0.25) is 5.02 Å².